The molecular weight excluding hydrogens is 270 g/mol. The van der Waals surface area contributed by atoms with Crippen LogP contribution < -0.4 is 10.1 Å². The summed E-state index contributed by atoms with van der Waals surface area (Å²) in [7, 11) is 0. The quantitative estimate of drug-likeness (QED) is 0.684. The van der Waals surface area contributed by atoms with Gasteiger partial charge >= 0.3 is 5.97 Å². The summed E-state index contributed by atoms with van der Waals surface area (Å²) < 4.78 is 5.58. The number of ether oxygens (including phenoxy) is 1. The van der Waals surface area contributed by atoms with Crippen molar-refractivity contribution in [1.82, 2.24) is 5.32 Å². The summed E-state index contributed by atoms with van der Waals surface area (Å²) in [6.07, 6.45) is 2.97. The summed E-state index contributed by atoms with van der Waals surface area (Å²) >= 11 is 0. The van der Waals surface area contributed by atoms with Crippen LogP contribution in [0.2, 0.25) is 0 Å². The number of carboxylic acid groups (broad SMARTS) is 1. The Labute approximate surface area is 125 Å². The third-order valence-electron chi connectivity index (χ3n) is 2.80. The molecule has 5 nitrogen and oxygen atoms in total. The van der Waals surface area contributed by atoms with Gasteiger partial charge in [-0.3, -0.25) is 0 Å². The third-order valence-corrected chi connectivity index (χ3v) is 2.80. The van der Waals surface area contributed by atoms with Gasteiger partial charge in [0.1, 0.15) is 18.5 Å². The van der Waals surface area contributed by atoms with Crippen molar-refractivity contribution >= 4 is 12.0 Å². The number of hydrogen-bond donors (Lipinski definition) is 3. The molecule has 0 aliphatic carbocycles. The van der Waals surface area contributed by atoms with Crippen LogP contribution in [-0.4, -0.2) is 41.5 Å². The van der Waals surface area contributed by atoms with Crippen molar-refractivity contribution in [2.75, 3.05) is 13.2 Å². The van der Waals surface area contributed by atoms with Crippen LogP contribution in [0, 0.1) is 0 Å². The van der Waals surface area contributed by atoms with E-state index in [9.17, 15) is 9.90 Å². The minimum atomic E-state index is -0.978. The van der Waals surface area contributed by atoms with E-state index in [0.29, 0.717) is 23.9 Å². The highest BCUT2D eigenvalue weighted by molar-refractivity contribution is 5.88. The standard InChI is InChI=1S/C16H23NO4/c1-4-5-12-8-13(16(19)20)6-7-15(12)21-10-14(18)9-17-11(2)3/h4-8,11,14,17-18H,9-10H2,1-3H3,(H,19,20). The Bertz CT molecular complexity index is 497. The van der Waals surface area contributed by atoms with E-state index in [1.807, 2.05) is 26.8 Å². The summed E-state index contributed by atoms with van der Waals surface area (Å²) in [5, 5.41) is 21.9. The largest absolute Gasteiger partial charge is 0.490 e. The second kappa shape index (κ2) is 8.44. The highest BCUT2D eigenvalue weighted by Crippen LogP contribution is 2.22. The van der Waals surface area contributed by atoms with Crippen molar-refractivity contribution in [2.24, 2.45) is 0 Å². The van der Waals surface area contributed by atoms with Crippen molar-refractivity contribution in [3.63, 3.8) is 0 Å². The molecule has 1 aromatic carbocycles. The van der Waals surface area contributed by atoms with Crippen molar-refractivity contribution in [3.8, 4) is 5.75 Å². The van der Waals surface area contributed by atoms with Gasteiger partial charge in [0, 0.05) is 18.2 Å². The van der Waals surface area contributed by atoms with Gasteiger partial charge < -0.3 is 20.3 Å². The van der Waals surface area contributed by atoms with Crippen molar-refractivity contribution in [1.29, 1.82) is 0 Å². The Morgan fingerprint density at radius 1 is 1.43 bits per heavy atom. The molecule has 1 unspecified atom stereocenters. The second-order valence-corrected chi connectivity index (χ2v) is 5.09. The molecule has 5 heteroatoms. The van der Waals surface area contributed by atoms with Gasteiger partial charge in [-0.1, -0.05) is 26.0 Å². The molecule has 0 radical (unpaired) electrons. The number of rotatable bonds is 8. The van der Waals surface area contributed by atoms with E-state index in [1.165, 1.54) is 6.07 Å². The molecule has 0 saturated heterocycles. The van der Waals surface area contributed by atoms with Crippen LogP contribution in [-0.2, 0) is 0 Å². The van der Waals surface area contributed by atoms with E-state index in [1.54, 1.807) is 18.2 Å². The maximum Gasteiger partial charge on any atom is 0.335 e. The molecule has 0 aliphatic heterocycles. The van der Waals surface area contributed by atoms with E-state index in [0.717, 1.165) is 0 Å². The molecule has 21 heavy (non-hydrogen) atoms. The lowest BCUT2D eigenvalue weighted by molar-refractivity contribution is 0.0696. The van der Waals surface area contributed by atoms with Crippen molar-refractivity contribution in [3.05, 3.63) is 35.4 Å². The zero-order valence-corrected chi connectivity index (χ0v) is 12.7. The molecular formula is C16H23NO4. The number of carboxylic acids is 1. The molecule has 116 valence electrons. The summed E-state index contributed by atoms with van der Waals surface area (Å²) in [4.78, 5) is 11.0. The number of hydrogen-bond acceptors (Lipinski definition) is 4. The van der Waals surface area contributed by atoms with Gasteiger partial charge in [0.2, 0.25) is 0 Å². The van der Waals surface area contributed by atoms with Crippen LogP contribution in [0.15, 0.2) is 24.3 Å². The Hall–Kier alpha value is -1.85. The average molecular weight is 293 g/mol. The first kappa shape index (κ1) is 17.2. The first-order chi connectivity index (χ1) is 9.93. The Morgan fingerprint density at radius 3 is 2.71 bits per heavy atom. The normalized spacial score (nSPS) is 12.8. The minimum absolute atomic E-state index is 0.149. The average Bonchev–Trinajstić information content (AvgIpc) is 2.43. The van der Waals surface area contributed by atoms with E-state index >= 15 is 0 Å². The zero-order valence-electron chi connectivity index (χ0n) is 12.7. The summed E-state index contributed by atoms with van der Waals surface area (Å²) in [5.41, 5.74) is 0.888. The van der Waals surface area contributed by atoms with E-state index in [4.69, 9.17) is 9.84 Å². The lowest BCUT2D eigenvalue weighted by Crippen LogP contribution is -2.35. The first-order valence-corrected chi connectivity index (χ1v) is 6.98. The van der Waals surface area contributed by atoms with Crippen LogP contribution in [0.25, 0.3) is 6.08 Å². The lowest BCUT2D eigenvalue weighted by atomic mass is 10.1. The molecule has 0 saturated carbocycles. The molecule has 1 atom stereocenters. The molecule has 0 heterocycles. The maximum atomic E-state index is 11.0. The van der Waals surface area contributed by atoms with Crippen LogP contribution in [0.4, 0.5) is 0 Å². The summed E-state index contributed by atoms with van der Waals surface area (Å²) in [5.74, 6) is -0.421. The number of allylic oxidation sites excluding steroid dienone is 1. The van der Waals surface area contributed by atoms with Crippen LogP contribution in [0.1, 0.15) is 36.7 Å². The smallest absolute Gasteiger partial charge is 0.335 e. The highest BCUT2D eigenvalue weighted by Gasteiger charge is 2.10. The van der Waals surface area contributed by atoms with E-state index in [2.05, 4.69) is 5.32 Å². The van der Waals surface area contributed by atoms with Gasteiger partial charge in [0.05, 0.1) is 5.56 Å². The molecule has 0 amide bonds. The van der Waals surface area contributed by atoms with Gasteiger partial charge in [-0.2, -0.15) is 0 Å². The molecule has 1 aromatic rings. The molecule has 0 fully saturated rings. The van der Waals surface area contributed by atoms with Gasteiger partial charge in [-0.05, 0) is 25.1 Å². The molecule has 0 spiro atoms. The number of nitrogens with one attached hydrogen (secondary N) is 1. The minimum Gasteiger partial charge on any atom is -0.490 e. The number of benzene rings is 1. The van der Waals surface area contributed by atoms with Crippen LogP contribution >= 0.6 is 0 Å². The number of aliphatic hydroxyl groups excluding tert-OH is 1. The first-order valence-electron chi connectivity index (χ1n) is 6.98. The molecule has 0 aromatic heterocycles. The Kier molecular flexibility index (Phi) is 6.91. The number of aromatic carboxylic acids is 1. The lowest BCUT2D eigenvalue weighted by Gasteiger charge is -2.16. The predicted molar refractivity (Wildman–Crippen MR) is 82.7 cm³/mol. The molecule has 3 N–H and O–H groups in total. The highest BCUT2D eigenvalue weighted by atomic mass is 16.5. The topological polar surface area (TPSA) is 78.8 Å². The predicted octanol–water partition coefficient (Wildman–Crippen LogP) is 2.16. The van der Waals surface area contributed by atoms with Gasteiger partial charge in [-0.15, -0.1) is 0 Å². The Morgan fingerprint density at radius 2 is 2.14 bits per heavy atom. The zero-order chi connectivity index (χ0) is 15.8. The third kappa shape index (κ3) is 5.97. The van der Waals surface area contributed by atoms with Crippen molar-refractivity contribution < 1.29 is 19.7 Å². The summed E-state index contributed by atoms with van der Waals surface area (Å²) in [6.45, 7) is 6.45. The maximum absolute atomic E-state index is 11.0. The fourth-order valence-electron chi connectivity index (χ4n) is 1.74. The molecule has 0 aliphatic rings. The molecule has 0 bridgehead atoms. The molecule has 1 rings (SSSR count). The van der Waals surface area contributed by atoms with E-state index < -0.39 is 12.1 Å². The fraction of sp³-hybridized carbons (Fsp3) is 0.438. The number of carbonyl (C=O) groups is 1. The SMILES string of the molecule is CC=Cc1cc(C(=O)O)ccc1OCC(O)CNC(C)C. The fourth-order valence-corrected chi connectivity index (χ4v) is 1.74. The summed E-state index contributed by atoms with van der Waals surface area (Å²) in [6, 6.07) is 4.95. The van der Waals surface area contributed by atoms with Crippen LogP contribution in [0.5, 0.6) is 5.75 Å². The van der Waals surface area contributed by atoms with Gasteiger partial charge in [0.25, 0.3) is 0 Å². The van der Waals surface area contributed by atoms with Crippen LogP contribution in [0.3, 0.4) is 0 Å². The number of aliphatic hydroxyl groups is 1. The van der Waals surface area contributed by atoms with E-state index in [-0.39, 0.29) is 12.2 Å². The Balaban J connectivity index is 2.71. The second-order valence-electron chi connectivity index (χ2n) is 5.09. The van der Waals surface area contributed by atoms with Gasteiger partial charge in [-0.25, -0.2) is 4.79 Å². The monoisotopic (exact) mass is 293 g/mol. The van der Waals surface area contributed by atoms with Crippen molar-refractivity contribution in [2.45, 2.75) is 32.9 Å². The van der Waals surface area contributed by atoms with Gasteiger partial charge in [0.15, 0.2) is 0 Å².